The number of nitriles is 1. The van der Waals surface area contributed by atoms with Crippen molar-refractivity contribution in [1.82, 2.24) is 24.3 Å². The van der Waals surface area contributed by atoms with Gasteiger partial charge in [0.05, 0.1) is 29.4 Å². The maximum atomic E-state index is 16.9. The first-order valence-corrected chi connectivity index (χ1v) is 15.5. The first kappa shape index (κ1) is 29.3. The summed E-state index contributed by atoms with van der Waals surface area (Å²) in [6, 6.07) is 9.34. The molecule has 3 aliphatic heterocycles. The molecule has 0 N–H and O–H groups in total. The minimum absolute atomic E-state index is 0.0835. The number of para-hydroxylation sites is 1. The quantitative estimate of drug-likeness (QED) is 0.269. The smallest absolute Gasteiger partial charge is 0.246 e. The minimum atomic E-state index is -0.547. The predicted octanol–water partition coefficient (Wildman–Crippen LogP) is 5.20. The topological polar surface area (TPSA) is 99.8 Å². The predicted molar refractivity (Wildman–Crippen MR) is 170 cm³/mol. The van der Waals surface area contributed by atoms with Crippen molar-refractivity contribution in [3.8, 4) is 28.7 Å². The lowest BCUT2D eigenvalue weighted by Crippen LogP contribution is -2.57. The van der Waals surface area contributed by atoms with Crippen LogP contribution in [0.1, 0.15) is 25.3 Å². The Morgan fingerprint density at radius 1 is 1.27 bits per heavy atom. The van der Waals surface area contributed by atoms with E-state index in [2.05, 4.69) is 27.0 Å². The van der Waals surface area contributed by atoms with E-state index in [4.69, 9.17) is 31.0 Å². The van der Waals surface area contributed by atoms with E-state index >= 15 is 4.39 Å². The molecule has 45 heavy (non-hydrogen) atoms. The number of fused-ring (bicyclic) bond motifs is 4. The van der Waals surface area contributed by atoms with Gasteiger partial charge in [-0.1, -0.05) is 30.3 Å². The molecule has 0 spiro atoms. The van der Waals surface area contributed by atoms with Crippen LogP contribution in [0.4, 0.5) is 10.2 Å². The molecular formula is C33H33ClFN7O3. The molecule has 0 radical (unpaired) electrons. The van der Waals surface area contributed by atoms with Crippen molar-refractivity contribution >= 4 is 45.3 Å². The standard InChI is InChI=1S/C33H33ClFN7O3/c1-4-26(43)41-11-9-20(14-19(41)8-10-36)42-18-37-30-31(42)23-15-24(34)27(22-6-5-7-25-32(22)45-13-12-44-25)28(35)29(23)38-33(30)40-16-21(17-40)39(2)3/h4-7,15,18-21H,1,8-9,11-14,16-17H2,2-3H3/t19-,20+/m1/s1. The van der Waals surface area contributed by atoms with E-state index in [9.17, 15) is 10.1 Å². The fourth-order valence-electron chi connectivity index (χ4n) is 6.81. The maximum Gasteiger partial charge on any atom is 0.246 e. The second-order valence-electron chi connectivity index (χ2n) is 12.0. The fraction of sp³-hybridized carbons (Fsp3) is 0.394. The highest BCUT2D eigenvalue weighted by Crippen LogP contribution is 2.47. The number of benzene rings is 2. The Kier molecular flexibility index (Phi) is 7.50. The molecule has 4 aromatic rings. The molecule has 1 amide bonds. The molecule has 7 rings (SSSR count). The van der Waals surface area contributed by atoms with Gasteiger partial charge in [-0.3, -0.25) is 4.79 Å². The summed E-state index contributed by atoms with van der Waals surface area (Å²) in [6.45, 7) is 6.34. The van der Waals surface area contributed by atoms with Crippen LogP contribution in [0.2, 0.25) is 5.02 Å². The van der Waals surface area contributed by atoms with Crippen molar-refractivity contribution in [3.63, 3.8) is 0 Å². The Bertz CT molecular complexity index is 1880. The average molecular weight is 630 g/mol. The van der Waals surface area contributed by atoms with Crippen LogP contribution in [0.15, 0.2) is 43.2 Å². The van der Waals surface area contributed by atoms with E-state index in [1.54, 1.807) is 35.5 Å². The first-order valence-electron chi connectivity index (χ1n) is 15.1. The molecule has 0 aliphatic carbocycles. The number of rotatable bonds is 6. The zero-order valence-corrected chi connectivity index (χ0v) is 25.9. The number of nitrogens with zero attached hydrogens (tertiary/aromatic N) is 7. The number of amides is 1. The molecule has 3 aliphatic rings. The molecular weight excluding hydrogens is 597 g/mol. The molecule has 2 atom stereocenters. The molecule has 0 unspecified atom stereocenters. The van der Waals surface area contributed by atoms with E-state index in [1.165, 1.54) is 6.08 Å². The zero-order valence-electron chi connectivity index (χ0n) is 25.2. The largest absolute Gasteiger partial charge is 0.486 e. The Morgan fingerprint density at radius 2 is 2.07 bits per heavy atom. The Labute approximate surface area is 265 Å². The lowest BCUT2D eigenvalue weighted by molar-refractivity contribution is -0.130. The molecule has 2 saturated heterocycles. The summed E-state index contributed by atoms with van der Waals surface area (Å²) in [4.78, 5) is 28.3. The molecule has 12 heteroatoms. The Balaban J connectivity index is 1.41. The van der Waals surface area contributed by atoms with Gasteiger partial charge in [-0.25, -0.2) is 14.4 Å². The molecule has 10 nitrogen and oxygen atoms in total. The van der Waals surface area contributed by atoms with Crippen molar-refractivity contribution < 1.29 is 18.7 Å². The van der Waals surface area contributed by atoms with E-state index in [1.807, 2.05) is 14.1 Å². The van der Waals surface area contributed by atoms with E-state index in [0.29, 0.717) is 72.4 Å². The number of carbonyl (C=O) groups is 1. The third-order valence-corrected chi connectivity index (χ3v) is 9.56. The SMILES string of the molecule is C=CC(=O)N1CC[C@H](n2cnc3c(N4CC(N(C)C)C4)nc4c(F)c(-c5cccc6c5OCCO6)c(Cl)cc4c32)C[C@H]1CC#N. The molecule has 0 bridgehead atoms. The number of halogens is 2. The van der Waals surface area contributed by atoms with Gasteiger partial charge in [0.25, 0.3) is 0 Å². The van der Waals surface area contributed by atoms with Gasteiger partial charge in [0, 0.05) is 54.3 Å². The van der Waals surface area contributed by atoms with Crippen LogP contribution >= 0.6 is 11.6 Å². The number of likely N-dealkylation sites (tertiary alicyclic amines) is 1. The number of hydrogen-bond donors (Lipinski definition) is 0. The number of piperidine rings is 1. The number of anilines is 1. The van der Waals surface area contributed by atoms with E-state index in [-0.39, 0.29) is 40.5 Å². The number of aromatic nitrogens is 3. The van der Waals surface area contributed by atoms with Crippen molar-refractivity contribution in [2.45, 2.75) is 37.4 Å². The zero-order chi connectivity index (χ0) is 31.4. The minimum Gasteiger partial charge on any atom is -0.486 e. The number of ether oxygens (including phenoxy) is 2. The van der Waals surface area contributed by atoms with Crippen LogP contribution < -0.4 is 14.4 Å². The highest BCUT2D eigenvalue weighted by molar-refractivity contribution is 6.35. The van der Waals surface area contributed by atoms with Crippen LogP contribution in [-0.2, 0) is 4.79 Å². The summed E-state index contributed by atoms with van der Waals surface area (Å²) < 4.78 is 30.7. The average Bonchev–Trinajstić information content (AvgIpc) is 3.46. The van der Waals surface area contributed by atoms with Gasteiger partial charge < -0.3 is 28.7 Å². The second-order valence-corrected chi connectivity index (χ2v) is 12.4. The van der Waals surface area contributed by atoms with Gasteiger partial charge >= 0.3 is 0 Å². The van der Waals surface area contributed by atoms with Gasteiger partial charge in [0.2, 0.25) is 5.91 Å². The highest BCUT2D eigenvalue weighted by atomic mass is 35.5. The second kappa shape index (κ2) is 11.5. The normalized spacial score (nSPS) is 20.0. The summed E-state index contributed by atoms with van der Waals surface area (Å²) >= 11 is 6.92. The monoisotopic (exact) mass is 629 g/mol. The van der Waals surface area contributed by atoms with Crippen LogP contribution in [0.25, 0.3) is 33.1 Å². The van der Waals surface area contributed by atoms with Crippen LogP contribution in [0.5, 0.6) is 11.5 Å². The number of carbonyl (C=O) groups excluding carboxylic acids is 1. The number of likely N-dealkylation sites (N-methyl/N-ethyl adjacent to an activating group) is 1. The van der Waals surface area contributed by atoms with Gasteiger partial charge in [-0.2, -0.15) is 5.26 Å². The summed E-state index contributed by atoms with van der Waals surface area (Å²) in [5.74, 6) is 0.878. The number of pyridine rings is 1. The Morgan fingerprint density at radius 3 is 2.82 bits per heavy atom. The maximum absolute atomic E-state index is 16.9. The number of hydrogen-bond acceptors (Lipinski definition) is 8. The van der Waals surface area contributed by atoms with Crippen LogP contribution in [0, 0.1) is 17.1 Å². The van der Waals surface area contributed by atoms with Gasteiger partial charge in [-0.15, -0.1) is 0 Å². The molecule has 2 fully saturated rings. The van der Waals surface area contributed by atoms with E-state index < -0.39 is 5.82 Å². The summed E-state index contributed by atoms with van der Waals surface area (Å²) in [7, 11) is 4.09. The van der Waals surface area contributed by atoms with E-state index in [0.717, 1.165) is 18.6 Å². The molecule has 2 aromatic heterocycles. The van der Waals surface area contributed by atoms with Crippen molar-refractivity contribution in [2.24, 2.45) is 0 Å². The summed E-state index contributed by atoms with van der Waals surface area (Å²) in [6.07, 6.45) is 4.45. The molecule has 232 valence electrons. The molecule has 2 aromatic carbocycles. The summed E-state index contributed by atoms with van der Waals surface area (Å²) in [5.41, 5.74) is 2.29. The first-order chi connectivity index (χ1) is 21.8. The Hall–Kier alpha value is -4.40. The van der Waals surface area contributed by atoms with Crippen LogP contribution in [-0.4, -0.2) is 89.3 Å². The fourth-order valence-corrected chi connectivity index (χ4v) is 7.10. The third kappa shape index (κ3) is 4.84. The molecule has 5 heterocycles. The van der Waals surface area contributed by atoms with Gasteiger partial charge in [-0.05, 0) is 45.1 Å². The lowest BCUT2D eigenvalue weighted by atomic mass is 9.94. The van der Waals surface area contributed by atoms with Crippen molar-refractivity contribution in [1.29, 1.82) is 5.26 Å². The summed E-state index contributed by atoms with van der Waals surface area (Å²) in [5, 5.41) is 10.3. The van der Waals surface area contributed by atoms with Gasteiger partial charge in [0.1, 0.15) is 24.2 Å². The van der Waals surface area contributed by atoms with Crippen LogP contribution in [0.3, 0.4) is 0 Å². The lowest BCUT2D eigenvalue weighted by Gasteiger charge is -2.43. The van der Waals surface area contributed by atoms with Gasteiger partial charge in [0.15, 0.2) is 23.1 Å². The van der Waals surface area contributed by atoms with Crippen molar-refractivity contribution in [2.75, 3.05) is 51.8 Å². The highest BCUT2D eigenvalue weighted by Gasteiger charge is 2.36. The number of imidazole rings is 1. The third-order valence-electron chi connectivity index (χ3n) is 9.26. The molecule has 0 saturated carbocycles. The van der Waals surface area contributed by atoms with Crippen molar-refractivity contribution in [3.05, 3.63) is 54.1 Å².